The molecule has 2 N–H and O–H groups in total. The topological polar surface area (TPSA) is 78.5 Å². The quantitative estimate of drug-likeness (QED) is 0.689. The van der Waals surface area contributed by atoms with Gasteiger partial charge in [-0.25, -0.2) is 0 Å². The van der Waals surface area contributed by atoms with Gasteiger partial charge >= 0.3 is 0 Å². The van der Waals surface area contributed by atoms with Crippen molar-refractivity contribution in [3.63, 3.8) is 0 Å². The first kappa shape index (κ1) is 19.2. The Labute approximate surface area is 156 Å². The fraction of sp³-hybridized carbons (Fsp3) is 0.850. The predicted molar refractivity (Wildman–Crippen MR) is 99.1 cm³/mol. The van der Waals surface area contributed by atoms with E-state index in [1.54, 1.807) is 4.90 Å². The summed E-state index contributed by atoms with van der Waals surface area (Å²) in [6.45, 7) is 6.03. The molecule has 0 aromatic heterocycles. The fourth-order valence-electron chi connectivity index (χ4n) is 4.64. The molecule has 3 atom stereocenters. The van der Waals surface area contributed by atoms with Crippen molar-refractivity contribution in [2.45, 2.75) is 65.3 Å². The van der Waals surface area contributed by atoms with E-state index in [-0.39, 0.29) is 29.2 Å². The van der Waals surface area contributed by atoms with E-state index in [4.69, 9.17) is 0 Å². The minimum absolute atomic E-state index is 0.0146. The normalized spacial score (nSPS) is 28.1. The van der Waals surface area contributed by atoms with Crippen molar-refractivity contribution in [3.8, 4) is 0 Å². The smallest absolute Gasteiger partial charge is 0.230 e. The number of rotatable bonds is 8. The number of likely N-dealkylation sites (N-methyl/N-ethyl adjacent to an activating group) is 1. The lowest BCUT2D eigenvalue weighted by Crippen LogP contribution is -2.53. The van der Waals surface area contributed by atoms with Gasteiger partial charge in [0.05, 0.1) is 16.9 Å². The van der Waals surface area contributed by atoms with E-state index >= 15 is 0 Å². The number of hydrogen-bond acceptors (Lipinski definition) is 3. The molecule has 3 aliphatic rings. The van der Waals surface area contributed by atoms with Crippen LogP contribution in [0.15, 0.2) is 0 Å². The summed E-state index contributed by atoms with van der Waals surface area (Å²) in [6, 6.07) is 0.0399. The van der Waals surface area contributed by atoms with Gasteiger partial charge in [0.25, 0.3) is 0 Å². The number of nitrogens with one attached hydrogen (secondary N) is 2. The zero-order valence-corrected chi connectivity index (χ0v) is 16.6. The van der Waals surface area contributed by atoms with Gasteiger partial charge in [0, 0.05) is 27.1 Å². The van der Waals surface area contributed by atoms with Gasteiger partial charge in [0.2, 0.25) is 17.7 Å². The first-order valence-corrected chi connectivity index (χ1v) is 9.97. The third kappa shape index (κ3) is 3.74. The SMILES string of the molecule is CC(=O)NCC(C)(C)C(=O)N(C)C(CNC(=O)[C@@]12CCC[C@@H]1C2)C1CC1. The van der Waals surface area contributed by atoms with E-state index < -0.39 is 5.41 Å². The summed E-state index contributed by atoms with van der Waals surface area (Å²) in [6.07, 6.45) is 6.65. The van der Waals surface area contributed by atoms with Crippen molar-refractivity contribution >= 4 is 17.7 Å². The molecule has 1 unspecified atom stereocenters. The predicted octanol–water partition coefficient (Wildman–Crippen LogP) is 1.69. The van der Waals surface area contributed by atoms with Crippen molar-refractivity contribution in [2.24, 2.45) is 22.7 Å². The summed E-state index contributed by atoms with van der Waals surface area (Å²) < 4.78 is 0. The highest BCUT2D eigenvalue weighted by Crippen LogP contribution is 2.63. The first-order valence-electron chi connectivity index (χ1n) is 9.97. The van der Waals surface area contributed by atoms with Crippen molar-refractivity contribution in [1.29, 1.82) is 0 Å². The number of carbonyl (C=O) groups excluding carboxylic acids is 3. The molecule has 3 saturated carbocycles. The van der Waals surface area contributed by atoms with Crippen molar-refractivity contribution in [2.75, 3.05) is 20.1 Å². The van der Waals surface area contributed by atoms with Gasteiger partial charge in [-0.05, 0) is 57.8 Å². The molecule has 0 aromatic rings. The number of fused-ring (bicyclic) bond motifs is 1. The molecule has 0 aromatic carbocycles. The van der Waals surface area contributed by atoms with Gasteiger partial charge in [0.1, 0.15) is 0 Å². The molecule has 0 spiro atoms. The zero-order valence-electron chi connectivity index (χ0n) is 16.6. The van der Waals surface area contributed by atoms with E-state index in [0.717, 1.165) is 25.7 Å². The lowest BCUT2D eigenvalue weighted by molar-refractivity contribution is -0.142. The van der Waals surface area contributed by atoms with Gasteiger partial charge in [-0.2, -0.15) is 0 Å². The summed E-state index contributed by atoms with van der Waals surface area (Å²) in [7, 11) is 1.83. The van der Waals surface area contributed by atoms with Crippen LogP contribution in [0.25, 0.3) is 0 Å². The molecule has 0 heterocycles. The number of carbonyl (C=O) groups is 3. The number of amides is 3. The third-order valence-electron chi connectivity index (χ3n) is 6.67. The summed E-state index contributed by atoms with van der Waals surface area (Å²) in [5.41, 5.74) is -0.745. The van der Waals surface area contributed by atoms with Crippen LogP contribution < -0.4 is 10.6 Å². The van der Waals surface area contributed by atoms with Crippen molar-refractivity contribution < 1.29 is 14.4 Å². The van der Waals surface area contributed by atoms with E-state index in [9.17, 15) is 14.4 Å². The summed E-state index contributed by atoms with van der Waals surface area (Å²) >= 11 is 0. The highest BCUT2D eigenvalue weighted by molar-refractivity contribution is 5.87. The average Bonchev–Trinajstić information content (AvgIpc) is 3.51. The molecule has 0 radical (unpaired) electrons. The second kappa shape index (κ2) is 6.86. The van der Waals surface area contributed by atoms with Crippen molar-refractivity contribution in [3.05, 3.63) is 0 Å². The molecule has 3 fully saturated rings. The molecule has 26 heavy (non-hydrogen) atoms. The Balaban J connectivity index is 1.57. The number of nitrogens with zero attached hydrogens (tertiary/aromatic N) is 1. The molecule has 3 rings (SSSR count). The molecule has 6 nitrogen and oxygen atoms in total. The molecule has 146 valence electrons. The Morgan fingerprint density at radius 1 is 1.19 bits per heavy atom. The molecule has 0 bridgehead atoms. The van der Waals surface area contributed by atoms with Crippen LogP contribution in [0.1, 0.15) is 59.3 Å². The Hall–Kier alpha value is -1.59. The van der Waals surface area contributed by atoms with Crippen LogP contribution in [0.2, 0.25) is 0 Å². The second-order valence-electron chi connectivity index (χ2n) is 9.27. The molecule has 3 aliphatic carbocycles. The average molecular weight is 364 g/mol. The fourth-order valence-corrected chi connectivity index (χ4v) is 4.64. The van der Waals surface area contributed by atoms with Crippen molar-refractivity contribution in [1.82, 2.24) is 15.5 Å². The van der Waals surface area contributed by atoms with Gasteiger partial charge in [-0.3, -0.25) is 14.4 Å². The second-order valence-corrected chi connectivity index (χ2v) is 9.27. The van der Waals surface area contributed by atoms with Crippen LogP contribution >= 0.6 is 0 Å². The van der Waals surface area contributed by atoms with Gasteiger partial charge in [-0.15, -0.1) is 0 Å². The van der Waals surface area contributed by atoms with E-state index in [1.165, 1.54) is 19.8 Å². The van der Waals surface area contributed by atoms with E-state index in [2.05, 4.69) is 10.6 Å². The number of hydrogen-bond donors (Lipinski definition) is 2. The van der Waals surface area contributed by atoms with Gasteiger partial charge in [-0.1, -0.05) is 6.42 Å². The molecule has 0 aliphatic heterocycles. The zero-order chi connectivity index (χ0) is 19.1. The van der Waals surface area contributed by atoms with Crippen LogP contribution in [0.4, 0.5) is 0 Å². The summed E-state index contributed by atoms with van der Waals surface area (Å²) in [4.78, 5) is 38.6. The summed E-state index contributed by atoms with van der Waals surface area (Å²) in [5, 5.41) is 5.91. The molecular weight excluding hydrogens is 330 g/mol. The standard InChI is InChI=1S/C20H33N3O3/c1-13(24)22-12-19(2,3)18(26)23(4)16(14-7-8-14)11-21-17(25)20-9-5-6-15(20)10-20/h14-16H,5-12H2,1-4H3,(H,21,25)(H,22,24)/t15-,16?,20-/m1/s1. The minimum atomic E-state index is -0.663. The Morgan fingerprint density at radius 3 is 2.38 bits per heavy atom. The maximum absolute atomic E-state index is 13.0. The Kier molecular flexibility index (Phi) is 5.06. The maximum Gasteiger partial charge on any atom is 0.230 e. The van der Waals surface area contributed by atoms with Crippen LogP contribution in [-0.4, -0.2) is 48.8 Å². The minimum Gasteiger partial charge on any atom is -0.355 e. The van der Waals surface area contributed by atoms with Crippen LogP contribution in [0.3, 0.4) is 0 Å². The van der Waals surface area contributed by atoms with E-state index in [0.29, 0.717) is 24.9 Å². The Bertz CT molecular complexity index is 599. The van der Waals surface area contributed by atoms with Crippen LogP contribution in [0.5, 0.6) is 0 Å². The van der Waals surface area contributed by atoms with E-state index in [1.807, 2.05) is 20.9 Å². The van der Waals surface area contributed by atoms with Gasteiger partial charge in [0.15, 0.2) is 0 Å². The lowest BCUT2D eigenvalue weighted by Gasteiger charge is -2.35. The molecule has 0 saturated heterocycles. The first-order chi connectivity index (χ1) is 12.2. The highest BCUT2D eigenvalue weighted by Gasteiger charge is 2.61. The largest absolute Gasteiger partial charge is 0.355 e. The lowest BCUT2D eigenvalue weighted by atomic mass is 9.90. The summed E-state index contributed by atoms with van der Waals surface area (Å²) in [5.74, 6) is 1.15. The van der Waals surface area contributed by atoms with Crippen LogP contribution in [0, 0.1) is 22.7 Å². The molecule has 3 amide bonds. The third-order valence-corrected chi connectivity index (χ3v) is 6.67. The highest BCUT2D eigenvalue weighted by atomic mass is 16.2. The van der Waals surface area contributed by atoms with Crippen LogP contribution in [-0.2, 0) is 14.4 Å². The molecular formula is C20H33N3O3. The maximum atomic E-state index is 13.0. The molecule has 6 heteroatoms. The Morgan fingerprint density at radius 2 is 1.88 bits per heavy atom. The van der Waals surface area contributed by atoms with Gasteiger partial charge < -0.3 is 15.5 Å². The monoisotopic (exact) mass is 363 g/mol.